The maximum absolute atomic E-state index is 9.79. The van der Waals surface area contributed by atoms with Crippen LogP contribution >= 0.6 is 0 Å². The van der Waals surface area contributed by atoms with Gasteiger partial charge in [0.25, 0.3) is 0 Å². The van der Waals surface area contributed by atoms with E-state index in [1.165, 1.54) is 0 Å². The van der Waals surface area contributed by atoms with E-state index in [1.807, 2.05) is 44.2 Å². The summed E-state index contributed by atoms with van der Waals surface area (Å²) in [5.74, 6) is 0. The van der Waals surface area contributed by atoms with Crippen molar-refractivity contribution < 1.29 is 5.11 Å². The number of hydrogen-bond acceptors (Lipinski definition) is 1. The Morgan fingerprint density at radius 3 is 2.27 bits per heavy atom. The molecule has 0 saturated heterocycles. The zero-order chi connectivity index (χ0) is 8.32. The Balaban J connectivity index is 2.93. The molecule has 0 aliphatic rings. The van der Waals surface area contributed by atoms with Crippen LogP contribution in [-0.2, 0) is 5.60 Å². The zero-order valence-corrected chi connectivity index (χ0v) is 7.04. The number of benzene rings is 1. The molecule has 0 radical (unpaired) electrons. The zero-order valence-electron chi connectivity index (χ0n) is 7.04. The fourth-order valence-corrected chi connectivity index (χ4v) is 1.00. The minimum absolute atomic E-state index is 0.665. The lowest BCUT2D eigenvalue weighted by atomic mass is 9.94. The lowest BCUT2D eigenvalue weighted by molar-refractivity contribution is 0.0531. The van der Waals surface area contributed by atoms with Gasteiger partial charge in [0.1, 0.15) is 0 Å². The molecule has 1 N–H and O–H groups in total. The highest BCUT2D eigenvalue weighted by Crippen LogP contribution is 2.22. The predicted octanol–water partition coefficient (Wildman–Crippen LogP) is 2.30. The third-order valence-electron chi connectivity index (χ3n) is 2.08. The van der Waals surface area contributed by atoms with E-state index >= 15 is 0 Å². The van der Waals surface area contributed by atoms with Crippen molar-refractivity contribution >= 4 is 0 Å². The van der Waals surface area contributed by atoms with Gasteiger partial charge in [-0.05, 0) is 18.9 Å². The second kappa shape index (κ2) is 3.05. The maximum Gasteiger partial charge on any atom is 0.0865 e. The molecule has 0 aliphatic carbocycles. The molecule has 0 aromatic heterocycles. The lowest BCUT2D eigenvalue weighted by Crippen LogP contribution is -2.19. The summed E-state index contributed by atoms with van der Waals surface area (Å²) < 4.78 is 0. The highest BCUT2D eigenvalue weighted by atomic mass is 16.3. The molecule has 0 spiro atoms. The third kappa shape index (κ3) is 1.81. The first-order valence-corrected chi connectivity index (χ1v) is 3.94. The van der Waals surface area contributed by atoms with Crippen molar-refractivity contribution in [3.05, 3.63) is 35.9 Å². The molecule has 0 saturated carbocycles. The van der Waals surface area contributed by atoms with Gasteiger partial charge >= 0.3 is 0 Å². The molecule has 0 heterocycles. The fourth-order valence-electron chi connectivity index (χ4n) is 1.00. The number of rotatable bonds is 2. The highest BCUT2D eigenvalue weighted by Gasteiger charge is 2.18. The van der Waals surface area contributed by atoms with Crippen LogP contribution in [0.25, 0.3) is 0 Å². The second-order valence-electron chi connectivity index (χ2n) is 2.99. The maximum atomic E-state index is 9.79. The summed E-state index contributed by atoms with van der Waals surface area (Å²) in [6.07, 6.45) is 0.747. The molecular weight excluding hydrogens is 136 g/mol. The van der Waals surface area contributed by atoms with Crippen molar-refractivity contribution in [3.8, 4) is 0 Å². The van der Waals surface area contributed by atoms with Crippen LogP contribution in [0.2, 0.25) is 0 Å². The third-order valence-corrected chi connectivity index (χ3v) is 2.08. The molecule has 1 aromatic carbocycles. The van der Waals surface area contributed by atoms with E-state index in [0.717, 1.165) is 12.0 Å². The van der Waals surface area contributed by atoms with Gasteiger partial charge in [0.05, 0.1) is 5.60 Å². The number of aliphatic hydroxyl groups is 1. The van der Waals surface area contributed by atoms with Crippen LogP contribution < -0.4 is 0 Å². The lowest BCUT2D eigenvalue weighted by Gasteiger charge is -2.21. The van der Waals surface area contributed by atoms with E-state index in [4.69, 9.17) is 0 Å². The summed E-state index contributed by atoms with van der Waals surface area (Å²) in [7, 11) is 0. The Morgan fingerprint density at radius 2 is 1.82 bits per heavy atom. The summed E-state index contributed by atoms with van der Waals surface area (Å²) in [6.45, 7) is 3.81. The van der Waals surface area contributed by atoms with Crippen LogP contribution in [0.15, 0.2) is 30.3 Å². The Hall–Kier alpha value is -0.820. The second-order valence-corrected chi connectivity index (χ2v) is 2.99. The largest absolute Gasteiger partial charge is 0.385 e. The van der Waals surface area contributed by atoms with Gasteiger partial charge in [0.15, 0.2) is 0 Å². The molecule has 0 unspecified atom stereocenters. The highest BCUT2D eigenvalue weighted by molar-refractivity contribution is 5.20. The Morgan fingerprint density at radius 1 is 1.27 bits per heavy atom. The molecule has 0 amide bonds. The molecule has 60 valence electrons. The van der Waals surface area contributed by atoms with E-state index in [-0.39, 0.29) is 0 Å². The molecule has 1 nitrogen and oxygen atoms in total. The SMILES string of the molecule is CC[C@@](C)(O)c1ccccc1. The Kier molecular flexibility index (Phi) is 2.30. The Labute approximate surface area is 67.7 Å². The molecule has 0 aliphatic heterocycles. The van der Waals surface area contributed by atoms with Gasteiger partial charge in [0, 0.05) is 0 Å². The first kappa shape index (κ1) is 8.28. The van der Waals surface area contributed by atoms with Crippen LogP contribution in [0.1, 0.15) is 25.8 Å². The topological polar surface area (TPSA) is 20.2 Å². The molecular formula is C10H14O. The van der Waals surface area contributed by atoms with E-state index < -0.39 is 5.60 Å². The summed E-state index contributed by atoms with van der Waals surface area (Å²) in [4.78, 5) is 0. The van der Waals surface area contributed by atoms with Gasteiger partial charge in [-0.2, -0.15) is 0 Å². The molecule has 11 heavy (non-hydrogen) atoms. The van der Waals surface area contributed by atoms with Crippen LogP contribution in [0.5, 0.6) is 0 Å². The van der Waals surface area contributed by atoms with Crippen LogP contribution in [0.3, 0.4) is 0 Å². The predicted molar refractivity (Wildman–Crippen MR) is 46.3 cm³/mol. The molecule has 0 fully saturated rings. The van der Waals surface area contributed by atoms with Gasteiger partial charge in [-0.1, -0.05) is 37.3 Å². The van der Waals surface area contributed by atoms with E-state index in [1.54, 1.807) is 0 Å². The Bertz CT molecular complexity index is 214. The number of hydrogen-bond donors (Lipinski definition) is 1. The van der Waals surface area contributed by atoms with Crippen LogP contribution in [-0.4, -0.2) is 5.11 Å². The van der Waals surface area contributed by atoms with Crippen molar-refractivity contribution in [2.75, 3.05) is 0 Å². The van der Waals surface area contributed by atoms with Crippen molar-refractivity contribution in [2.24, 2.45) is 0 Å². The smallest absolute Gasteiger partial charge is 0.0865 e. The quantitative estimate of drug-likeness (QED) is 0.685. The van der Waals surface area contributed by atoms with Crippen molar-refractivity contribution in [1.29, 1.82) is 0 Å². The van der Waals surface area contributed by atoms with Crippen LogP contribution in [0, 0.1) is 0 Å². The first-order valence-electron chi connectivity index (χ1n) is 3.94. The minimum atomic E-state index is -0.665. The molecule has 1 aromatic rings. The van der Waals surface area contributed by atoms with E-state index in [2.05, 4.69) is 0 Å². The van der Waals surface area contributed by atoms with E-state index in [9.17, 15) is 5.11 Å². The van der Waals surface area contributed by atoms with Gasteiger partial charge in [-0.15, -0.1) is 0 Å². The summed E-state index contributed by atoms with van der Waals surface area (Å²) in [5, 5.41) is 9.79. The monoisotopic (exact) mass is 150 g/mol. The van der Waals surface area contributed by atoms with E-state index in [0.29, 0.717) is 0 Å². The molecule has 0 bridgehead atoms. The summed E-state index contributed by atoms with van der Waals surface area (Å²) in [6, 6.07) is 9.74. The minimum Gasteiger partial charge on any atom is -0.385 e. The average Bonchev–Trinajstić information content (AvgIpc) is 2.06. The molecule has 1 atom stereocenters. The fraction of sp³-hybridized carbons (Fsp3) is 0.400. The van der Waals surface area contributed by atoms with Gasteiger partial charge in [-0.25, -0.2) is 0 Å². The summed E-state index contributed by atoms with van der Waals surface area (Å²) in [5.41, 5.74) is 0.323. The normalized spacial score (nSPS) is 15.9. The molecule has 1 heteroatoms. The summed E-state index contributed by atoms with van der Waals surface area (Å²) >= 11 is 0. The first-order chi connectivity index (χ1) is 5.17. The van der Waals surface area contributed by atoms with Crippen molar-refractivity contribution in [1.82, 2.24) is 0 Å². The average molecular weight is 150 g/mol. The molecule has 1 rings (SSSR count). The standard InChI is InChI=1S/C10H14O/c1-3-10(2,11)9-7-5-4-6-8-9/h4-8,11H,3H2,1-2H3/t10-/m1/s1. The van der Waals surface area contributed by atoms with Crippen molar-refractivity contribution in [2.45, 2.75) is 25.9 Å². The van der Waals surface area contributed by atoms with Gasteiger partial charge < -0.3 is 5.11 Å². The van der Waals surface area contributed by atoms with Gasteiger partial charge in [-0.3, -0.25) is 0 Å². The van der Waals surface area contributed by atoms with Gasteiger partial charge in [0.2, 0.25) is 0 Å². The van der Waals surface area contributed by atoms with Crippen molar-refractivity contribution in [3.63, 3.8) is 0 Å². The van der Waals surface area contributed by atoms with Crippen LogP contribution in [0.4, 0.5) is 0 Å².